The number of para-hydroxylation sites is 1. The molecular weight excluding hydrogens is 877 g/mol. The molecule has 1 saturated heterocycles. The van der Waals surface area contributed by atoms with Crippen LogP contribution in [0.15, 0.2) is 91.1 Å². The Balaban J connectivity index is 0.771. The van der Waals surface area contributed by atoms with E-state index in [4.69, 9.17) is 41.2 Å². The molecule has 0 unspecified atom stereocenters. The first-order valence-electron chi connectivity index (χ1n) is 23.8. The molecule has 5 aromatic rings. The second-order valence-electron chi connectivity index (χ2n) is 17.5. The van der Waals surface area contributed by atoms with E-state index < -0.39 is 0 Å². The fourth-order valence-corrected chi connectivity index (χ4v) is 9.39. The monoisotopic (exact) mass is 938 g/mol. The molecule has 1 aliphatic carbocycles. The van der Waals surface area contributed by atoms with Crippen molar-refractivity contribution in [3.05, 3.63) is 102 Å². The van der Waals surface area contributed by atoms with Crippen LogP contribution in [0.4, 0.5) is 29.0 Å². The SMILES string of the molecule is CC[C@@H]1C(=O)N(C)c2cnc(Nc3ccc(C(=O)NCCCCOC/C=C/C(=O)N4CCC[C@@H](n5nc(-c6ccc(Oc7ccccc7)cc6)c(C(=N)N)c5N)C4)cc3OC)nc2N1C1CCCC1. The number of likely N-dealkylation sites (tertiary alicyclic amines) is 1. The van der Waals surface area contributed by atoms with Gasteiger partial charge in [-0.15, -0.1) is 0 Å². The van der Waals surface area contributed by atoms with E-state index in [1.54, 1.807) is 59.1 Å². The van der Waals surface area contributed by atoms with E-state index in [2.05, 4.69) is 20.5 Å². The molecule has 8 rings (SSSR count). The molecule has 2 aliphatic heterocycles. The summed E-state index contributed by atoms with van der Waals surface area (Å²) in [4.78, 5) is 54.7. The Morgan fingerprint density at radius 1 is 0.971 bits per heavy atom. The first-order chi connectivity index (χ1) is 33.5. The quantitative estimate of drug-likeness (QED) is 0.0239. The molecule has 0 spiro atoms. The van der Waals surface area contributed by atoms with Crippen LogP contribution in [0.1, 0.15) is 86.7 Å². The molecule has 0 radical (unpaired) electrons. The fraction of sp³-hybridized carbons (Fsp3) is 0.392. The van der Waals surface area contributed by atoms with Crippen LogP contribution in [-0.4, -0.2) is 107 Å². The minimum absolute atomic E-state index is 0.0584. The highest BCUT2D eigenvalue weighted by Crippen LogP contribution is 2.41. The first-order valence-corrected chi connectivity index (χ1v) is 23.8. The summed E-state index contributed by atoms with van der Waals surface area (Å²) in [7, 11) is 3.32. The smallest absolute Gasteiger partial charge is 0.251 e. The number of likely N-dealkylation sites (N-methyl/N-ethyl adjacent to an activating group) is 1. The van der Waals surface area contributed by atoms with Crippen molar-refractivity contribution in [1.82, 2.24) is 30.0 Å². The first kappa shape index (κ1) is 48.0. The van der Waals surface area contributed by atoms with Crippen LogP contribution in [0.25, 0.3) is 11.3 Å². The zero-order valence-corrected chi connectivity index (χ0v) is 39.5. The van der Waals surface area contributed by atoms with Gasteiger partial charge in [0.2, 0.25) is 17.8 Å². The van der Waals surface area contributed by atoms with Gasteiger partial charge in [-0.2, -0.15) is 10.1 Å². The lowest BCUT2D eigenvalue weighted by Crippen LogP contribution is -2.55. The number of fused-ring (bicyclic) bond motifs is 1. The summed E-state index contributed by atoms with van der Waals surface area (Å²) in [5.74, 6) is 2.76. The van der Waals surface area contributed by atoms with Crippen LogP contribution in [0, 0.1) is 5.41 Å². The van der Waals surface area contributed by atoms with Crippen LogP contribution in [0.2, 0.25) is 0 Å². The van der Waals surface area contributed by atoms with E-state index in [9.17, 15) is 14.4 Å². The maximum Gasteiger partial charge on any atom is 0.251 e. The molecule has 0 bridgehead atoms. The Bertz CT molecular complexity index is 2650. The van der Waals surface area contributed by atoms with Gasteiger partial charge in [0.1, 0.15) is 46.3 Å². The zero-order chi connectivity index (χ0) is 48.4. The predicted octanol–water partition coefficient (Wildman–Crippen LogP) is 7.20. The number of amides is 3. The van der Waals surface area contributed by atoms with Crippen LogP contribution in [0.3, 0.4) is 0 Å². The Morgan fingerprint density at radius 2 is 1.72 bits per heavy atom. The van der Waals surface area contributed by atoms with Crippen molar-refractivity contribution in [3.8, 4) is 28.5 Å². The van der Waals surface area contributed by atoms with Crippen LogP contribution in [-0.2, 0) is 14.3 Å². The molecule has 3 aliphatic rings. The van der Waals surface area contributed by atoms with Gasteiger partial charge in [-0.3, -0.25) is 19.8 Å². The highest BCUT2D eigenvalue weighted by Gasteiger charge is 2.41. The number of nitrogens with one attached hydrogen (secondary N) is 3. The minimum Gasteiger partial charge on any atom is -0.495 e. The number of anilines is 5. The van der Waals surface area contributed by atoms with Crippen molar-refractivity contribution >= 4 is 52.5 Å². The predicted molar refractivity (Wildman–Crippen MR) is 267 cm³/mol. The topological polar surface area (TPSA) is 232 Å². The number of amidine groups is 1. The molecule has 18 heteroatoms. The van der Waals surface area contributed by atoms with E-state index in [1.165, 1.54) is 6.08 Å². The van der Waals surface area contributed by atoms with Crippen molar-refractivity contribution in [2.75, 3.05) is 67.9 Å². The van der Waals surface area contributed by atoms with Crippen molar-refractivity contribution in [3.63, 3.8) is 0 Å². The number of hydrogen-bond acceptors (Lipinski definition) is 13. The van der Waals surface area contributed by atoms with Gasteiger partial charge in [-0.25, -0.2) is 9.67 Å². The number of nitrogens with two attached hydrogens (primary N) is 2. The van der Waals surface area contributed by atoms with Crippen LogP contribution in [0.5, 0.6) is 17.2 Å². The lowest BCUT2D eigenvalue weighted by molar-refractivity contribution is -0.127. The Morgan fingerprint density at radius 3 is 2.46 bits per heavy atom. The largest absolute Gasteiger partial charge is 0.495 e. The molecule has 4 heterocycles. The van der Waals surface area contributed by atoms with Crippen molar-refractivity contribution < 1.29 is 28.6 Å². The number of piperidine rings is 1. The number of unbranched alkanes of at least 4 members (excludes halogenated alkanes) is 1. The number of benzene rings is 3. The second-order valence-corrected chi connectivity index (χ2v) is 17.5. The maximum atomic E-state index is 13.3. The number of methoxy groups -OCH3 is 1. The lowest BCUT2D eigenvalue weighted by atomic mass is 10.0. The Kier molecular flexibility index (Phi) is 15.4. The molecule has 2 fully saturated rings. The van der Waals surface area contributed by atoms with E-state index >= 15 is 0 Å². The maximum absolute atomic E-state index is 13.3. The van der Waals surface area contributed by atoms with Gasteiger partial charge in [-0.05, 0) is 99.5 Å². The van der Waals surface area contributed by atoms with E-state index in [0.717, 1.165) is 55.7 Å². The van der Waals surface area contributed by atoms with Crippen molar-refractivity contribution in [2.24, 2.45) is 5.73 Å². The summed E-state index contributed by atoms with van der Waals surface area (Å²) in [5, 5.41) is 19.4. The van der Waals surface area contributed by atoms with E-state index in [-0.39, 0.29) is 54.1 Å². The molecule has 18 nitrogen and oxygen atoms in total. The zero-order valence-electron chi connectivity index (χ0n) is 39.5. The summed E-state index contributed by atoms with van der Waals surface area (Å²) in [5.41, 5.74) is 16.0. The van der Waals surface area contributed by atoms with Gasteiger partial charge in [0.05, 0.1) is 37.2 Å². The molecule has 7 N–H and O–H groups in total. The number of nitrogen functional groups attached to an aromatic ring is 2. The fourth-order valence-electron chi connectivity index (χ4n) is 9.39. The van der Waals surface area contributed by atoms with Crippen LogP contribution >= 0.6 is 0 Å². The number of ether oxygens (including phenoxy) is 3. The highest BCUT2D eigenvalue weighted by molar-refractivity contribution is 6.05. The highest BCUT2D eigenvalue weighted by atomic mass is 16.5. The normalized spacial score (nSPS) is 17.3. The number of nitrogens with zero attached hydrogens (tertiary/aromatic N) is 7. The number of hydrogen-bond donors (Lipinski definition) is 5. The van der Waals surface area contributed by atoms with Crippen molar-refractivity contribution in [2.45, 2.75) is 82.8 Å². The van der Waals surface area contributed by atoms with Gasteiger partial charge in [-0.1, -0.05) is 44.0 Å². The second kappa shape index (κ2) is 22.1. The minimum atomic E-state index is -0.274. The molecule has 362 valence electrons. The molecule has 2 atom stereocenters. The summed E-state index contributed by atoms with van der Waals surface area (Å²) < 4.78 is 19.1. The number of carbonyl (C=O) groups is 3. The summed E-state index contributed by atoms with van der Waals surface area (Å²) in [6.07, 6.45) is 12.9. The summed E-state index contributed by atoms with van der Waals surface area (Å²) in [6.45, 7) is 4.23. The van der Waals surface area contributed by atoms with E-state index in [0.29, 0.717) is 91.1 Å². The lowest BCUT2D eigenvalue weighted by Gasteiger charge is -2.43. The third-order valence-corrected chi connectivity index (χ3v) is 13.0. The number of aromatic nitrogens is 4. The Hall–Kier alpha value is -7.47. The van der Waals surface area contributed by atoms with Crippen molar-refractivity contribution in [1.29, 1.82) is 5.41 Å². The van der Waals surface area contributed by atoms with Gasteiger partial charge in [0, 0.05) is 56.5 Å². The Labute approximate surface area is 402 Å². The van der Waals surface area contributed by atoms with E-state index in [1.807, 2.05) is 61.5 Å². The average molecular weight is 939 g/mol. The van der Waals surface area contributed by atoms with Gasteiger partial charge < -0.3 is 51.0 Å². The number of carbonyl (C=O) groups excluding carboxylic acids is 3. The van der Waals surface area contributed by atoms with Gasteiger partial charge >= 0.3 is 0 Å². The molecule has 3 amide bonds. The number of rotatable bonds is 19. The van der Waals surface area contributed by atoms with Crippen LogP contribution < -0.4 is 41.4 Å². The third kappa shape index (κ3) is 11.0. The average Bonchev–Trinajstić information content (AvgIpc) is 4.03. The van der Waals surface area contributed by atoms with Gasteiger partial charge in [0.15, 0.2) is 5.82 Å². The molecule has 2 aromatic heterocycles. The summed E-state index contributed by atoms with van der Waals surface area (Å²) >= 11 is 0. The molecular formula is C51H62N12O6. The molecule has 3 aromatic carbocycles. The molecule has 69 heavy (non-hydrogen) atoms. The summed E-state index contributed by atoms with van der Waals surface area (Å²) in [6, 6.07) is 21.8. The molecule has 1 saturated carbocycles. The third-order valence-electron chi connectivity index (χ3n) is 13.0. The standard InChI is InChI=1S/C51H62N12O6/c1-4-40-50(66)60(2)41-31-56-51(58-48(41)62(40)35-14-8-9-15-35)57-39-25-22-34(30-42(39)67-3)49(65)55-26-10-11-28-68-29-13-19-43(64)61-27-12-16-36(32-61)63-47(54)44(46(52)53)45(59-63)33-20-23-38(24-21-33)69-37-17-6-5-7-18-37/h5-7,13,17-25,30-31,35-36,40H,4,8-12,14-16,26-29,32,54H2,1-3H3,(H3,52,53)(H,55,65)(H,56,57,58)/b19-13+/t36-,40-/m1/s1. The van der Waals surface area contributed by atoms with Gasteiger partial charge in [0.25, 0.3) is 5.91 Å².